The summed E-state index contributed by atoms with van der Waals surface area (Å²) in [6, 6.07) is 9.23. The van der Waals surface area contributed by atoms with E-state index in [1.165, 1.54) is 0 Å². The highest BCUT2D eigenvalue weighted by Crippen LogP contribution is 2.29. The van der Waals surface area contributed by atoms with E-state index in [0.29, 0.717) is 11.1 Å². The van der Waals surface area contributed by atoms with Crippen molar-refractivity contribution < 1.29 is 9.59 Å². The summed E-state index contributed by atoms with van der Waals surface area (Å²) in [6.07, 6.45) is 0. The summed E-state index contributed by atoms with van der Waals surface area (Å²) in [4.78, 5) is 25.5. The summed E-state index contributed by atoms with van der Waals surface area (Å²) in [5.74, 6) is -0.928. The van der Waals surface area contributed by atoms with Gasteiger partial charge in [-0.2, -0.15) is 0 Å². The summed E-state index contributed by atoms with van der Waals surface area (Å²) < 4.78 is 0. The van der Waals surface area contributed by atoms with Crippen LogP contribution in [0.25, 0.3) is 10.8 Å². The summed E-state index contributed by atoms with van der Waals surface area (Å²) in [6.45, 7) is 0. The second-order valence-electron chi connectivity index (χ2n) is 4.60. The fourth-order valence-electron chi connectivity index (χ4n) is 2.19. The van der Waals surface area contributed by atoms with Crippen LogP contribution < -0.4 is 4.90 Å². The minimum absolute atomic E-state index is 0.323. The van der Waals surface area contributed by atoms with Crippen LogP contribution in [0.3, 0.4) is 0 Å². The summed E-state index contributed by atoms with van der Waals surface area (Å²) in [7, 11) is 3.84. The van der Waals surface area contributed by atoms with Crippen molar-refractivity contribution in [2.45, 2.75) is 0 Å². The molecular formula is C14H11N3O2. The van der Waals surface area contributed by atoms with Crippen LogP contribution in [0, 0.1) is 0 Å². The van der Waals surface area contributed by atoms with E-state index in [2.05, 4.69) is 10.2 Å². The zero-order chi connectivity index (χ0) is 13.6. The lowest BCUT2D eigenvalue weighted by Gasteiger charge is -2.15. The highest BCUT2D eigenvalue weighted by molar-refractivity contribution is 6.18. The molecule has 2 amide bonds. The molecule has 19 heavy (non-hydrogen) atoms. The molecular weight excluding hydrogens is 242 g/mol. The summed E-state index contributed by atoms with van der Waals surface area (Å²) in [5.41, 5.74) is 1.63. The molecule has 0 N–H and O–H groups in total. The van der Waals surface area contributed by atoms with Gasteiger partial charge >= 0.3 is 0 Å². The third-order valence-corrected chi connectivity index (χ3v) is 3.20. The van der Waals surface area contributed by atoms with Crippen molar-refractivity contribution in [3.63, 3.8) is 0 Å². The number of benzene rings is 2. The number of rotatable bonds is 1. The topological polar surface area (TPSA) is 62.1 Å². The van der Waals surface area contributed by atoms with E-state index in [0.717, 1.165) is 16.5 Å². The molecule has 2 aromatic rings. The van der Waals surface area contributed by atoms with Crippen molar-refractivity contribution in [2.24, 2.45) is 10.2 Å². The molecule has 1 aliphatic rings. The van der Waals surface area contributed by atoms with E-state index in [9.17, 15) is 9.59 Å². The molecule has 2 aromatic carbocycles. The van der Waals surface area contributed by atoms with Gasteiger partial charge in [-0.05, 0) is 29.0 Å². The molecule has 0 atom stereocenters. The van der Waals surface area contributed by atoms with Crippen LogP contribution in [0.15, 0.2) is 40.6 Å². The van der Waals surface area contributed by atoms with Gasteiger partial charge < -0.3 is 4.90 Å². The predicted molar refractivity (Wildman–Crippen MR) is 71.8 cm³/mol. The third-order valence-electron chi connectivity index (χ3n) is 3.20. The molecule has 5 heteroatoms. The van der Waals surface area contributed by atoms with Crippen molar-refractivity contribution in [3.05, 3.63) is 41.5 Å². The third kappa shape index (κ3) is 1.71. The van der Waals surface area contributed by atoms with Gasteiger partial charge in [-0.1, -0.05) is 12.1 Å². The number of anilines is 1. The van der Waals surface area contributed by atoms with E-state index in [1.807, 2.05) is 43.3 Å². The fourth-order valence-corrected chi connectivity index (χ4v) is 2.19. The van der Waals surface area contributed by atoms with Gasteiger partial charge in [-0.25, -0.2) is 0 Å². The van der Waals surface area contributed by atoms with Crippen molar-refractivity contribution in [3.8, 4) is 0 Å². The van der Waals surface area contributed by atoms with Crippen molar-refractivity contribution in [1.82, 2.24) is 0 Å². The predicted octanol–water partition coefficient (Wildman–Crippen LogP) is 2.65. The van der Waals surface area contributed by atoms with Gasteiger partial charge in [0.05, 0.1) is 11.1 Å². The van der Waals surface area contributed by atoms with Crippen molar-refractivity contribution in [1.29, 1.82) is 0 Å². The molecule has 5 nitrogen and oxygen atoms in total. The first kappa shape index (κ1) is 11.5. The fraction of sp³-hybridized carbons (Fsp3) is 0.143. The Morgan fingerprint density at radius 1 is 0.947 bits per heavy atom. The van der Waals surface area contributed by atoms with E-state index in [-0.39, 0.29) is 0 Å². The maximum absolute atomic E-state index is 11.9. The van der Waals surface area contributed by atoms with E-state index < -0.39 is 11.8 Å². The molecule has 0 unspecified atom stereocenters. The monoisotopic (exact) mass is 253 g/mol. The highest BCUT2D eigenvalue weighted by atomic mass is 16.2. The lowest BCUT2D eigenvalue weighted by molar-refractivity contribution is 0.0922. The Morgan fingerprint density at radius 2 is 1.63 bits per heavy atom. The van der Waals surface area contributed by atoms with E-state index >= 15 is 0 Å². The molecule has 0 aromatic heterocycles. The Kier molecular flexibility index (Phi) is 2.41. The van der Waals surface area contributed by atoms with Crippen molar-refractivity contribution in [2.75, 3.05) is 19.0 Å². The zero-order valence-corrected chi connectivity index (χ0v) is 10.5. The lowest BCUT2D eigenvalue weighted by Crippen LogP contribution is -2.12. The first-order chi connectivity index (χ1) is 9.08. The summed E-state index contributed by atoms with van der Waals surface area (Å²) >= 11 is 0. The van der Waals surface area contributed by atoms with Crippen LogP contribution in [0.4, 0.5) is 5.69 Å². The van der Waals surface area contributed by atoms with Crippen LogP contribution in [-0.4, -0.2) is 25.9 Å². The molecule has 0 spiro atoms. The molecule has 0 aliphatic carbocycles. The number of amides is 2. The van der Waals surface area contributed by atoms with Gasteiger partial charge in [0.2, 0.25) is 0 Å². The quantitative estimate of drug-likeness (QED) is 0.784. The van der Waals surface area contributed by atoms with Crippen LogP contribution in [0.5, 0.6) is 0 Å². The van der Waals surface area contributed by atoms with Gasteiger partial charge in [0.25, 0.3) is 11.8 Å². The normalized spacial score (nSPS) is 13.8. The minimum atomic E-state index is -0.466. The number of hydrogen-bond donors (Lipinski definition) is 0. The molecule has 0 radical (unpaired) electrons. The average molecular weight is 253 g/mol. The van der Waals surface area contributed by atoms with Gasteiger partial charge in [0.15, 0.2) is 0 Å². The molecule has 94 valence electrons. The Labute approximate surface area is 109 Å². The Hall–Kier alpha value is -2.56. The average Bonchev–Trinajstić information content (AvgIpc) is 2.41. The molecule has 0 fully saturated rings. The van der Waals surface area contributed by atoms with E-state index in [1.54, 1.807) is 6.07 Å². The first-order valence-electron chi connectivity index (χ1n) is 5.82. The first-order valence-corrected chi connectivity index (χ1v) is 5.82. The summed E-state index contributed by atoms with van der Waals surface area (Å²) in [5, 5.41) is 8.38. The van der Waals surface area contributed by atoms with Gasteiger partial charge in [0, 0.05) is 19.8 Å². The van der Waals surface area contributed by atoms with Gasteiger partial charge in [-0.3, -0.25) is 9.59 Å². The van der Waals surface area contributed by atoms with E-state index in [4.69, 9.17) is 0 Å². The lowest BCUT2D eigenvalue weighted by atomic mass is 9.96. The van der Waals surface area contributed by atoms with Crippen LogP contribution in [-0.2, 0) is 0 Å². The molecule has 0 bridgehead atoms. The molecule has 3 rings (SSSR count). The van der Waals surface area contributed by atoms with Crippen molar-refractivity contribution >= 4 is 28.3 Å². The number of carbonyl (C=O) groups excluding carboxylic acids is 2. The second-order valence-corrected chi connectivity index (χ2v) is 4.60. The number of azo groups is 1. The number of hydrogen-bond acceptors (Lipinski definition) is 3. The SMILES string of the molecule is CN(C)c1ccc2ccc3c(c2c1)C(=O)N=NC3=O. The maximum Gasteiger partial charge on any atom is 0.296 e. The standard InChI is InChI=1S/C14H11N3O2/c1-17(2)9-5-3-8-4-6-10-12(11(8)7-9)14(19)16-15-13(10)18/h3-7H,1-2H3. The molecule has 1 heterocycles. The second kappa shape index (κ2) is 3.98. The van der Waals surface area contributed by atoms with Crippen LogP contribution >= 0.6 is 0 Å². The smallest absolute Gasteiger partial charge is 0.296 e. The zero-order valence-electron chi connectivity index (χ0n) is 10.5. The Morgan fingerprint density at radius 3 is 2.37 bits per heavy atom. The van der Waals surface area contributed by atoms with Gasteiger partial charge in [0.1, 0.15) is 0 Å². The molecule has 0 saturated carbocycles. The number of nitrogens with zero attached hydrogens (tertiary/aromatic N) is 3. The molecule has 0 saturated heterocycles. The Bertz CT molecular complexity index is 748. The maximum atomic E-state index is 11.9. The number of fused-ring (bicyclic) bond motifs is 3. The van der Waals surface area contributed by atoms with Crippen LogP contribution in [0.1, 0.15) is 20.7 Å². The minimum Gasteiger partial charge on any atom is -0.378 e. The number of carbonyl (C=O) groups is 2. The largest absolute Gasteiger partial charge is 0.378 e. The van der Waals surface area contributed by atoms with Gasteiger partial charge in [-0.15, -0.1) is 10.2 Å². The Balaban J connectivity index is 2.38. The highest BCUT2D eigenvalue weighted by Gasteiger charge is 2.24. The molecule has 1 aliphatic heterocycles. The van der Waals surface area contributed by atoms with Crippen LogP contribution in [0.2, 0.25) is 0 Å².